The molecule has 0 atom stereocenters. The normalized spacial score (nSPS) is 21.9. The zero-order chi connectivity index (χ0) is 14.2. The highest BCUT2D eigenvalue weighted by molar-refractivity contribution is 5.76. The number of hydrogen-bond donors (Lipinski definition) is 1. The van der Waals surface area contributed by atoms with Gasteiger partial charge in [-0.25, -0.2) is 0 Å². The summed E-state index contributed by atoms with van der Waals surface area (Å²) in [5.41, 5.74) is 5.64. The van der Waals surface area contributed by atoms with E-state index in [1.807, 2.05) is 0 Å². The van der Waals surface area contributed by atoms with Crippen molar-refractivity contribution < 1.29 is 4.79 Å². The lowest BCUT2D eigenvalue weighted by atomic mass is 9.95. The van der Waals surface area contributed by atoms with Crippen LogP contribution in [0.15, 0.2) is 0 Å². The van der Waals surface area contributed by atoms with E-state index in [-0.39, 0.29) is 0 Å². The number of hydrogen-bond acceptors (Lipinski definition) is 2. The van der Waals surface area contributed by atoms with Gasteiger partial charge in [-0.3, -0.25) is 4.79 Å². The lowest BCUT2D eigenvalue weighted by molar-refractivity contribution is -0.134. The van der Waals surface area contributed by atoms with Gasteiger partial charge in [-0.05, 0) is 44.6 Å². The van der Waals surface area contributed by atoms with Crippen LogP contribution in [-0.2, 0) is 4.79 Å². The summed E-state index contributed by atoms with van der Waals surface area (Å²) in [7, 11) is 0. The van der Waals surface area contributed by atoms with Gasteiger partial charge in [-0.2, -0.15) is 0 Å². The van der Waals surface area contributed by atoms with E-state index in [0.717, 1.165) is 19.4 Å². The smallest absolute Gasteiger partial charge is 0.223 e. The Morgan fingerprint density at radius 2 is 1.55 bits per heavy atom. The third kappa shape index (κ3) is 4.76. The average Bonchev–Trinajstić information content (AvgIpc) is 2.85. The van der Waals surface area contributed by atoms with Crippen LogP contribution in [-0.4, -0.2) is 29.9 Å². The molecule has 0 unspecified atom stereocenters. The van der Waals surface area contributed by atoms with Crippen LogP contribution in [0.4, 0.5) is 0 Å². The first-order chi connectivity index (χ1) is 9.81. The van der Waals surface area contributed by atoms with Crippen LogP contribution in [0.5, 0.6) is 0 Å². The second-order valence-electron chi connectivity index (χ2n) is 6.73. The molecule has 2 saturated carbocycles. The van der Waals surface area contributed by atoms with Crippen molar-refractivity contribution in [3.8, 4) is 0 Å². The summed E-state index contributed by atoms with van der Waals surface area (Å²) < 4.78 is 0. The third-order valence-electron chi connectivity index (χ3n) is 5.13. The Morgan fingerprint density at radius 1 is 0.950 bits per heavy atom. The van der Waals surface area contributed by atoms with E-state index in [2.05, 4.69) is 4.90 Å². The van der Waals surface area contributed by atoms with Gasteiger partial charge in [0.1, 0.15) is 0 Å². The molecule has 2 rings (SSSR count). The molecule has 0 bridgehead atoms. The summed E-state index contributed by atoms with van der Waals surface area (Å²) in [5.74, 6) is 1.06. The van der Waals surface area contributed by atoms with Gasteiger partial charge in [0.2, 0.25) is 5.91 Å². The molecule has 20 heavy (non-hydrogen) atoms. The maximum Gasteiger partial charge on any atom is 0.223 e. The molecule has 0 saturated heterocycles. The number of nitrogens with zero attached hydrogens (tertiary/aromatic N) is 1. The molecule has 2 fully saturated rings. The molecule has 0 aromatic rings. The van der Waals surface area contributed by atoms with E-state index in [1.165, 1.54) is 64.2 Å². The summed E-state index contributed by atoms with van der Waals surface area (Å²) in [6.45, 7) is 1.58. The molecule has 1 amide bonds. The van der Waals surface area contributed by atoms with E-state index in [4.69, 9.17) is 5.73 Å². The number of nitrogens with two attached hydrogens (primary N) is 1. The van der Waals surface area contributed by atoms with Gasteiger partial charge in [0.05, 0.1) is 0 Å². The molecule has 0 aromatic heterocycles. The average molecular weight is 280 g/mol. The predicted octanol–water partition coefficient (Wildman–Crippen LogP) is 3.47. The van der Waals surface area contributed by atoms with Gasteiger partial charge in [0.25, 0.3) is 0 Å². The molecule has 0 spiro atoms. The van der Waals surface area contributed by atoms with Crippen molar-refractivity contribution >= 4 is 5.91 Å². The fraction of sp³-hybridized carbons (Fsp3) is 0.941. The summed E-state index contributed by atoms with van der Waals surface area (Å²) >= 11 is 0. The van der Waals surface area contributed by atoms with Crippen molar-refractivity contribution in [3.63, 3.8) is 0 Å². The van der Waals surface area contributed by atoms with Crippen LogP contribution >= 0.6 is 0 Å². The largest absolute Gasteiger partial charge is 0.340 e. The summed E-state index contributed by atoms with van der Waals surface area (Å²) in [6.07, 6.45) is 14.7. The lowest BCUT2D eigenvalue weighted by Crippen LogP contribution is -2.40. The second-order valence-corrected chi connectivity index (χ2v) is 6.73. The molecule has 116 valence electrons. The van der Waals surface area contributed by atoms with Crippen LogP contribution in [0.25, 0.3) is 0 Å². The zero-order valence-corrected chi connectivity index (χ0v) is 13.0. The first-order valence-electron chi connectivity index (χ1n) is 8.81. The molecule has 2 aliphatic carbocycles. The van der Waals surface area contributed by atoms with Crippen LogP contribution in [0, 0.1) is 5.92 Å². The first-order valence-corrected chi connectivity index (χ1v) is 8.81. The Bertz CT molecular complexity index is 279. The van der Waals surface area contributed by atoms with Crippen molar-refractivity contribution in [2.24, 2.45) is 11.7 Å². The molecule has 0 aromatic carbocycles. The SMILES string of the molecule is NCCCN(C(=O)CC1CCCCCC1)C1CCCC1. The number of carbonyl (C=O) groups excluding carboxylic acids is 1. The second kappa shape index (κ2) is 8.66. The fourth-order valence-electron chi connectivity index (χ4n) is 3.92. The van der Waals surface area contributed by atoms with Gasteiger partial charge >= 0.3 is 0 Å². The summed E-state index contributed by atoms with van der Waals surface area (Å²) in [4.78, 5) is 14.9. The molecule has 3 nitrogen and oxygen atoms in total. The van der Waals surface area contributed by atoms with E-state index < -0.39 is 0 Å². The van der Waals surface area contributed by atoms with Crippen molar-refractivity contribution in [2.75, 3.05) is 13.1 Å². The summed E-state index contributed by atoms with van der Waals surface area (Å²) in [6, 6.07) is 0.514. The first kappa shape index (κ1) is 15.8. The van der Waals surface area contributed by atoms with Crippen LogP contribution < -0.4 is 5.73 Å². The minimum atomic E-state index is 0.414. The minimum Gasteiger partial charge on any atom is -0.340 e. The number of rotatable bonds is 6. The molecular formula is C17H32N2O. The Morgan fingerprint density at radius 3 is 2.15 bits per heavy atom. The highest BCUT2D eigenvalue weighted by Crippen LogP contribution is 2.29. The van der Waals surface area contributed by atoms with Crippen LogP contribution in [0.3, 0.4) is 0 Å². The van der Waals surface area contributed by atoms with Gasteiger partial charge in [0.15, 0.2) is 0 Å². The van der Waals surface area contributed by atoms with Gasteiger partial charge < -0.3 is 10.6 Å². The van der Waals surface area contributed by atoms with Crippen molar-refractivity contribution in [1.82, 2.24) is 4.90 Å². The van der Waals surface area contributed by atoms with Crippen molar-refractivity contribution in [3.05, 3.63) is 0 Å². The summed E-state index contributed by atoms with van der Waals surface area (Å²) in [5, 5.41) is 0. The maximum absolute atomic E-state index is 12.7. The van der Waals surface area contributed by atoms with Crippen LogP contribution in [0.2, 0.25) is 0 Å². The van der Waals surface area contributed by atoms with Gasteiger partial charge in [-0.15, -0.1) is 0 Å². The number of amides is 1. The third-order valence-corrected chi connectivity index (χ3v) is 5.13. The molecule has 2 aliphatic rings. The zero-order valence-electron chi connectivity index (χ0n) is 13.0. The minimum absolute atomic E-state index is 0.414. The Balaban J connectivity index is 1.87. The standard InChI is InChI=1S/C17H32N2O/c18-12-7-13-19(16-10-5-6-11-16)17(20)14-15-8-3-1-2-4-9-15/h15-16H,1-14,18H2. The van der Waals surface area contributed by atoms with E-state index in [9.17, 15) is 4.79 Å². The van der Waals surface area contributed by atoms with E-state index in [0.29, 0.717) is 24.4 Å². The Hall–Kier alpha value is -0.570. The molecule has 0 radical (unpaired) electrons. The Labute approximate surface area is 124 Å². The predicted molar refractivity (Wildman–Crippen MR) is 83.4 cm³/mol. The van der Waals surface area contributed by atoms with E-state index >= 15 is 0 Å². The fourth-order valence-corrected chi connectivity index (χ4v) is 3.92. The molecular weight excluding hydrogens is 248 g/mol. The quantitative estimate of drug-likeness (QED) is 0.757. The topological polar surface area (TPSA) is 46.3 Å². The van der Waals surface area contributed by atoms with Gasteiger partial charge in [0, 0.05) is 19.0 Å². The molecule has 0 heterocycles. The maximum atomic E-state index is 12.7. The van der Waals surface area contributed by atoms with Gasteiger partial charge in [-0.1, -0.05) is 38.5 Å². The lowest BCUT2D eigenvalue weighted by Gasteiger charge is -2.30. The molecule has 0 aliphatic heterocycles. The van der Waals surface area contributed by atoms with Crippen molar-refractivity contribution in [1.29, 1.82) is 0 Å². The number of carbonyl (C=O) groups is 1. The molecule has 2 N–H and O–H groups in total. The highest BCUT2D eigenvalue weighted by Gasteiger charge is 2.27. The van der Waals surface area contributed by atoms with E-state index in [1.54, 1.807) is 0 Å². The van der Waals surface area contributed by atoms with Crippen molar-refractivity contribution in [2.45, 2.75) is 83.1 Å². The Kier molecular flexibility index (Phi) is 6.85. The van der Waals surface area contributed by atoms with Crippen LogP contribution in [0.1, 0.15) is 77.0 Å². The highest BCUT2D eigenvalue weighted by atomic mass is 16.2. The molecule has 3 heteroatoms. The monoisotopic (exact) mass is 280 g/mol.